The number of aromatic nitrogens is 3. The number of hydrogen-bond acceptors (Lipinski definition) is 7. The molecule has 0 atom stereocenters. The molecule has 0 unspecified atom stereocenters. The molecule has 0 aliphatic carbocycles. The molecule has 2 aromatic rings. The van der Waals surface area contributed by atoms with Gasteiger partial charge in [-0.15, -0.1) is 0 Å². The van der Waals surface area contributed by atoms with E-state index in [2.05, 4.69) is 15.0 Å². The Bertz CT molecular complexity index is 600. The van der Waals surface area contributed by atoms with Gasteiger partial charge in [-0.05, 0) is 22.0 Å². The second-order valence-corrected chi connectivity index (χ2v) is 3.75. The van der Waals surface area contributed by atoms with E-state index in [0.29, 0.717) is 17.2 Å². The zero-order valence-electron chi connectivity index (χ0n) is 10.1. The lowest BCUT2D eigenvalue weighted by atomic mass is 10.3. The van der Waals surface area contributed by atoms with Crippen LogP contribution in [0, 0.1) is 17.0 Å². The first-order valence-electron chi connectivity index (χ1n) is 5.37. The molecule has 8 nitrogen and oxygen atoms in total. The predicted molar refractivity (Wildman–Crippen MR) is 66.4 cm³/mol. The van der Waals surface area contributed by atoms with Crippen molar-refractivity contribution in [3.8, 4) is 5.75 Å². The number of hydrogen-bond donors (Lipinski definition) is 1. The molecule has 0 radical (unpaired) electrons. The van der Waals surface area contributed by atoms with E-state index >= 15 is 0 Å². The standard InChI is InChI=1S/C11H11N5O3/c1-7-2-3-9(11(15-7)16(17)18)19-6-8-4-14-10(12)5-13-8/h2-5H,6H2,1H3,(H2,12,14). The highest BCUT2D eigenvalue weighted by atomic mass is 16.6. The van der Waals surface area contributed by atoms with Crippen molar-refractivity contribution in [3.63, 3.8) is 0 Å². The highest BCUT2D eigenvalue weighted by Gasteiger charge is 2.17. The van der Waals surface area contributed by atoms with Crippen LogP contribution in [0.15, 0.2) is 24.5 Å². The highest BCUT2D eigenvalue weighted by Crippen LogP contribution is 2.25. The van der Waals surface area contributed by atoms with Crippen molar-refractivity contribution in [2.75, 3.05) is 5.73 Å². The van der Waals surface area contributed by atoms with Crippen LogP contribution in [-0.4, -0.2) is 19.9 Å². The van der Waals surface area contributed by atoms with Crippen molar-refractivity contribution in [2.24, 2.45) is 0 Å². The molecule has 2 aromatic heterocycles. The summed E-state index contributed by atoms with van der Waals surface area (Å²) in [6, 6.07) is 3.14. The largest absolute Gasteiger partial charge is 0.479 e. The maximum absolute atomic E-state index is 10.8. The minimum absolute atomic E-state index is 0.0544. The van der Waals surface area contributed by atoms with Crippen molar-refractivity contribution in [1.29, 1.82) is 0 Å². The highest BCUT2D eigenvalue weighted by molar-refractivity contribution is 5.40. The van der Waals surface area contributed by atoms with Crippen molar-refractivity contribution in [2.45, 2.75) is 13.5 Å². The fraction of sp³-hybridized carbons (Fsp3) is 0.182. The normalized spacial score (nSPS) is 10.2. The minimum atomic E-state index is -0.586. The summed E-state index contributed by atoms with van der Waals surface area (Å²) in [5.41, 5.74) is 6.47. The van der Waals surface area contributed by atoms with Gasteiger partial charge < -0.3 is 20.6 Å². The SMILES string of the molecule is Cc1ccc(OCc2cnc(N)cn2)c([N+](=O)[O-])n1. The van der Waals surface area contributed by atoms with E-state index in [-0.39, 0.29) is 18.2 Å². The number of nitrogens with two attached hydrogens (primary N) is 1. The number of nitrogen functional groups attached to an aromatic ring is 1. The summed E-state index contributed by atoms with van der Waals surface area (Å²) in [5, 5.41) is 10.8. The van der Waals surface area contributed by atoms with Crippen molar-refractivity contribution < 1.29 is 9.66 Å². The molecule has 2 rings (SSSR count). The van der Waals surface area contributed by atoms with Crippen LogP contribution in [0.5, 0.6) is 5.75 Å². The Morgan fingerprint density at radius 1 is 1.37 bits per heavy atom. The molecular formula is C11H11N5O3. The zero-order chi connectivity index (χ0) is 13.8. The molecule has 0 saturated heterocycles. The van der Waals surface area contributed by atoms with Gasteiger partial charge in [-0.2, -0.15) is 0 Å². The smallest absolute Gasteiger partial charge is 0.406 e. The summed E-state index contributed by atoms with van der Waals surface area (Å²) in [6.07, 6.45) is 2.84. The Kier molecular flexibility index (Phi) is 3.51. The second-order valence-electron chi connectivity index (χ2n) is 3.75. The van der Waals surface area contributed by atoms with Gasteiger partial charge >= 0.3 is 5.82 Å². The van der Waals surface area contributed by atoms with Gasteiger partial charge in [0.25, 0.3) is 0 Å². The molecule has 0 aliphatic rings. The molecule has 2 N–H and O–H groups in total. The maximum Gasteiger partial charge on any atom is 0.406 e. The number of pyridine rings is 1. The molecule has 0 amide bonds. The van der Waals surface area contributed by atoms with Crippen LogP contribution in [-0.2, 0) is 6.61 Å². The quantitative estimate of drug-likeness (QED) is 0.650. The van der Waals surface area contributed by atoms with Gasteiger partial charge in [0, 0.05) is 6.92 Å². The van der Waals surface area contributed by atoms with E-state index in [1.54, 1.807) is 13.0 Å². The van der Waals surface area contributed by atoms with Crippen LogP contribution < -0.4 is 10.5 Å². The number of nitro groups is 1. The summed E-state index contributed by atoms with van der Waals surface area (Å²) < 4.78 is 5.33. The van der Waals surface area contributed by atoms with Crippen molar-refractivity contribution in [1.82, 2.24) is 15.0 Å². The van der Waals surface area contributed by atoms with Gasteiger partial charge in [0.05, 0.1) is 18.1 Å². The lowest BCUT2D eigenvalue weighted by Crippen LogP contribution is -2.04. The van der Waals surface area contributed by atoms with Gasteiger partial charge in [0.1, 0.15) is 18.1 Å². The third-order valence-corrected chi connectivity index (χ3v) is 2.25. The molecule has 0 bridgehead atoms. The van der Waals surface area contributed by atoms with Crippen LogP contribution in [0.1, 0.15) is 11.4 Å². The van der Waals surface area contributed by atoms with Crippen LogP contribution >= 0.6 is 0 Å². The number of ether oxygens (including phenoxy) is 1. The summed E-state index contributed by atoms with van der Waals surface area (Å²) >= 11 is 0. The fourth-order valence-electron chi connectivity index (χ4n) is 1.36. The molecule has 0 aromatic carbocycles. The Labute approximate surface area is 108 Å². The van der Waals surface area contributed by atoms with Crippen LogP contribution in [0.4, 0.5) is 11.6 Å². The van der Waals surface area contributed by atoms with Crippen LogP contribution in [0.25, 0.3) is 0 Å². The first-order valence-corrected chi connectivity index (χ1v) is 5.37. The monoisotopic (exact) mass is 261 g/mol. The summed E-state index contributed by atoms with van der Waals surface area (Å²) in [7, 11) is 0. The average Bonchev–Trinajstić information content (AvgIpc) is 2.39. The molecule has 0 aliphatic heterocycles. The second kappa shape index (κ2) is 5.25. The number of rotatable bonds is 4. The lowest BCUT2D eigenvalue weighted by Gasteiger charge is -2.05. The minimum Gasteiger partial charge on any atom is -0.479 e. The molecule has 98 valence electrons. The lowest BCUT2D eigenvalue weighted by molar-refractivity contribution is -0.390. The van der Waals surface area contributed by atoms with Gasteiger partial charge in [0.2, 0.25) is 5.75 Å². The maximum atomic E-state index is 10.8. The molecule has 0 saturated carbocycles. The average molecular weight is 261 g/mol. The van der Waals surface area contributed by atoms with Crippen molar-refractivity contribution in [3.05, 3.63) is 46.0 Å². The van der Waals surface area contributed by atoms with E-state index in [0.717, 1.165) is 0 Å². The zero-order valence-corrected chi connectivity index (χ0v) is 10.1. The topological polar surface area (TPSA) is 117 Å². The van der Waals surface area contributed by atoms with Gasteiger partial charge in [-0.3, -0.25) is 4.98 Å². The molecule has 2 heterocycles. The van der Waals surface area contributed by atoms with E-state index in [4.69, 9.17) is 10.5 Å². The predicted octanol–water partition coefficient (Wildman–Crippen LogP) is 1.25. The Morgan fingerprint density at radius 3 is 2.79 bits per heavy atom. The molecule has 8 heteroatoms. The van der Waals surface area contributed by atoms with E-state index in [9.17, 15) is 10.1 Å². The van der Waals surface area contributed by atoms with Crippen LogP contribution in [0.3, 0.4) is 0 Å². The fourth-order valence-corrected chi connectivity index (χ4v) is 1.36. The summed E-state index contributed by atoms with van der Waals surface area (Å²) in [6.45, 7) is 1.72. The summed E-state index contributed by atoms with van der Waals surface area (Å²) in [4.78, 5) is 21.9. The number of anilines is 1. The Morgan fingerprint density at radius 2 is 2.16 bits per heavy atom. The Hall–Kier alpha value is -2.77. The third kappa shape index (κ3) is 3.12. The van der Waals surface area contributed by atoms with E-state index < -0.39 is 4.92 Å². The molecule has 19 heavy (non-hydrogen) atoms. The third-order valence-electron chi connectivity index (χ3n) is 2.25. The van der Waals surface area contributed by atoms with Gasteiger partial charge in [0.15, 0.2) is 0 Å². The van der Waals surface area contributed by atoms with E-state index in [1.807, 2.05) is 0 Å². The number of aryl methyl sites for hydroxylation is 1. The van der Waals surface area contributed by atoms with Crippen LogP contribution in [0.2, 0.25) is 0 Å². The first kappa shape index (κ1) is 12.7. The van der Waals surface area contributed by atoms with Gasteiger partial charge in [-0.25, -0.2) is 4.98 Å². The Balaban J connectivity index is 2.15. The first-order chi connectivity index (χ1) is 9.06. The molecule has 0 spiro atoms. The van der Waals surface area contributed by atoms with E-state index in [1.165, 1.54) is 18.5 Å². The summed E-state index contributed by atoms with van der Waals surface area (Å²) in [5.74, 6) is 0.0735. The van der Waals surface area contributed by atoms with Crippen molar-refractivity contribution >= 4 is 11.6 Å². The van der Waals surface area contributed by atoms with Gasteiger partial charge in [-0.1, -0.05) is 0 Å². The molecule has 0 fully saturated rings. The molecular weight excluding hydrogens is 250 g/mol. The number of nitrogens with zero attached hydrogens (tertiary/aromatic N) is 4.